The number of rotatable bonds is 2. The molecule has 0 bridgehead atoms. The predicted octanol–water partition coefficient (Wildman–Crippen LogP) is 1.62. The van der Waals surface area contributed by atoms with E-state index < -0.39 is 0 Å². The van der Waals surface area contributed by atoms with Crippen molar-refractivity contribution in [3.63, 3.8) is 0 Å². The Morgan fingerprint density at radius 2 is 2.22 bits per heavy atom. The Kier molecular flexibility index (Phi) is 3.34. The second-order valence-corrected chi connectivity index (χ2v) is 5.85. The summed E-state index contributed by atoms with van der Waals surface area (Å²) in [5.41, 5.74) is 7.28. The van der Waals surface area contributed by atoms with Gasteiger partial charge >= 0.3 is 0 Å². The first-order valence-electron chi connectivity index (χ1n) is 6.91. The highest BCUT2D eigenvalue weighted by atomic mass is 35.5. The van der Waals surface area contributed by atoms with Gasteiger partial charge in [0.05, 0.1) is 5.69 Å². The van der Waals surface area contributed by atoms with Crippen LogP contribution < -0.4 is 5.73 Å². The second kappa shape index (κ2) is 4.83. The fourth-order valence-electron chi connectivity index (χ4n) is 3.21. The maximum Gasteiger partial charge on any atom is 0.150 e. The topological polar surface area (TPSA) is 47.1 Å². The van der Waals surface area contributed by atoms with Crippen LogP contribution in [0.25, 0.3) is 0 Å². The van der Waals surface area contributed by atoms with Gasteiger partial charge in [-0.05, 0) is 32.4 Å². The third-order valence-electron chi connectivity index (χ3n) is 4.31. The number of hydrogen-bond donors (Lipinski definition) is 1. The van der Waals surface area contributed by atoms with E-state index in [1.807, 2.05) is 0 Å². The zero-order valence-corrected chi connectivity index (χ0v) is 11.7. The lowest BCUT2D eigenvalue weighted by molar-refractivity contribution is 0.349. The van der Waals surface area contributed by atoms with Gasteiger partial charge in [0.2, 0.25) is 0 Å². The van der Waals surface area contributed by atoms with Crippen LogP contribution in [-0.4, -0.2) is 40.1 Å². The van der Waals surface area contributed by atoms with E-state index >= 15 is 0 Å². The van der Waals surface area contributed by atoms with Crippen LogP contribution in [0.4, 0.5) is 0 Å². The lowest BCUT2D eigenvalue weighted by Gasteiger charge is -2.24. The molecule has 0 saturated carbocycles. The number of imidazole rings is 1. The Morgan fingerprint density at radius 3 is 2.94 bits per heavy atom. The molecule has 2 aliphatic heterocycles. The van der Waals surface area contributed by atoms with E-state index in [2.05, 4.69) is 21.4 Å². The van der Waals surface area contributed by atoms with Gasteiger partial charge in [0.25, 0.3) is 0 Å². The molecule has 0 aromatic carbocycles. The molecule has 0 spiro atoms. The molecule has 2 aliphatic rings. The molecule has 100 valence electrons. The highest BCUT2D eigenvalue weighted by Gasteiger charge is 2.30. The molecule has 0 radical (unpaired) electrons. The monoisotopic (exact) mass is 268 g/mol. The molecule has 3 heterocycles. The van der Waals surface area contributed by atoms with Crippen LogP contribution in [0.1, 0.15) is 37.2 Å². The van der Waals surface area contributed by atoms with Crippen molar-refractivity contribution in [2.24, 2.45) is 5.73 Å². The van der Waals surface area contributed by atoms with Crippen LogP contribution in [0.3, 0.4) is 0 Å². The summed E-state index contributed by atoms with van der Waals surface area (Å²) in [5.74, 6) is 1.70. The number of nitrogens with zero attached hydrogens (tertiary/aromatic N) is 3. The minimum Gasteiger partial charge on any atom is -0.329 e. The summed E-state index contributed by atoms with van der Waals surface area (Å²) in [6, 6.07) is 0.255. The number of hydrogen-bond acceptors (Lipinski definition) is 3. The zero-order chi connectivity index (χ0) is 12.7. The van der Waals surface area contributed by atoms with E-state index in [9.17, 15) is 0 Å². The first-order valence-corrected chi connectivity index (χ1v) is 7.29. The van der Waals surface area contributed by atoms with Crippen molar-refractivity contribution in [2.75, 3.05) is 19.6 Å². The van der Waals surface area contributed by atoms with Crippen molar-refractivity contribution in [3.05, 3.63) is 16.7 Å². The molecule has 2 atom stereocenters. The van der Waals surface area contributed by atoms with Crippen LogP contribution in [0.2, 0.25) is 5.15 Å². The molecule has 1 fully saturated rings. The van der Waals surface area contributed by atoms with Crippen molar-refractivity contribution in [2.45, 2.75) is 44.7 Å². The van der Waals surface area contributed by atoms with Crippen molar-refractivity contribution in [1.82, 2.24) is 14.5 Å². The second-order valence-electron chi connectivity index (χ2n) is 5.50. The Labute approximate surface area is 113 Å². The van der Waals surface area contributed by atoms with Gasteiger partial charge in [-0.2, -0.15) is 0 Å². The van der Waals surface area contributed by atoms with Gasteiger partial charge in [0.15, 0.2) is 5.15 Å². The third-order valence-corrected chi connectivity index (χ3v) is 4.61. The minimum atomic E-state index is 0.255. The predicted molar refractivity (Wildman–Crippen MR) is 73.0 cm³/mol. The summed E-state index contributed by atoms with van der Waals surface area (Å²) in [7, 11) is 0. The molecule has 18 heavy (non-hydrogen) atoms. The molecule has 1 aromatic rings. The van der Waals surface area contributed by atoms with Crippen LogP contribution in [0, 0.1) is 0 Å². The molecule has 2 unspecified atom stereocenters. The summed E-state index contributed by atoms with van der Waals surface area (Å²) in [4.78, 5) is 7.10. The van der Waals surface area contributed by atoms with Gasteiger partial charge in [0.1, 0.15) is 5.82 Å². The third kappa shape index (κ3) is 2.06. The molecule has 0 aliphatic carbocycles. The molecule has 2 N–H and O–H groups in total. The molecule has 1 aromatic heterocycles. The van der Waals surface area contributed by atoms with Gasteiger partial charge in [-0.25, -0.2) is 4.98 Å². The lowest BCUT2D eigenvalue weighted by Crippen LogP contribution is -2.33. The number of likely N-dealkylation sites (N-methyl/N-ethyl adjacent to an activating group) is 1. The molecule has 0 amide bonds. The fourth-order valence-corrected chi connectivity index (χ4v) is 3.49. The van der Waals surface area contributed by atoms with Crippen molar-refractivity contribution in [3.8, 4) is 0 Å². The molecular formula is C13H21ClN4. The highest BCUT2D eigenvalue weighted by molar-refractivity contribution is 6.30. The van der Waals surface area contributed by atoms with Gasteiger partial charge in [-0.3, -0.25) is 0 Å². The summed E-state index contributed by atoms with van der Waals surface area (Å²) >= 11 is 6.27. The Morgan fingerprint density at radius 1 is 1.39 bits per heavy atom. The first-order chi connectivity index (χ1) is 8.69. The standard InChI is InChI=1S/C13H21ClN4/c1-2-17-6-5-9(7-17)13-16-12(14)11-4-3-10(15)8-18(11)13/h9-10H,2-8,15H2,1H3. The average Bonchev–Trinajstić information content (AvgIpc) is 2.94. The summed E-state index contributed by atoms with van der Waals surface area (Å²) in [6.07, 6.45) is 3.18. The van der Waals surface area contributed by atoms with Crippen LogP contribution in [0.15, 0.2) is 0 Å². The van der Waals surface area contributed by atoms with Gasteiger partial charge in [0, 0.05) is 25.0 Å². The number of fused-ring (bicyclic) bond motifs is 1. The average molecular weight is 269 g/mol. The minimum absolute atomic E-state index is 0.255. The Hall–Kier alpha value is -0.580. The molecule has 3 rings (SSSR count). The molecule has 5 heteroatoms. The van der Waals surface area contributed by atoms with Crippen LogP contribution >= 0.6 is 11.6 Å². The SMILES string of the molecule is CCN1CCC(c2nc(Cl)c3n2CC(N)CC3)C1. The van der Waals surface area contributed by atoms with Crippen molar-refractivity contribution < 1.29 is 0 Å². The Bertz CT molecular complexity index is 442. The molecule has 1 saturated heterocycles. The van der Waals surface area contributed by atoms with Crippen LogP contribution in [0.5, 0.6) is 0 Å². The van der Waals surface area contributed by atoms with Crippen LogP contribution in [-0.2, 0) is 13.0 Å². The summed E-state index contributed by atoms with van der Waals surface area (Å²) in [6.45, 7) is 6.50. The smallest absolute Gasteiger partial charge is 0.150 e. The van der Waals surface area contributed by atoms with E-state index in [4.69, 9.17) is 17.3 Å². The van der Waals surface area contributed by atoms with Gasteiger partial charge in [-0.15, -0.1) is 0 Å². The largest absolute Gasteiger partial charge is 0.329 e. The van der Waals surface area contributed by atoms with Crippen molar-refractivity contribution >= 4 is 11.6 Å². The van der Waals surface area contributed by atoms with Gasteiger partial charge < -0.3 is 15.2 Å². The number of halogens is 1. The molecular weight excluding hydrogens is 248 g/mol. The molecule has 4 nitrogen and oxygen atoms in total. The number of nitrogens with two attached hydrogens (primary N) is 1. The number of likely N-dealkylation sites (tertiary alicyclic amines) is 1. The van der Waals surface area contributed by atoms with E-state index in [1.165, 1.54) is 24.5 Å². The fraction of sp³-hybridized carbons (Fsp3) is 0.769. The van der Waals surface area contributed by atoms with Gasteiger partial charge in [-0.1, -0.05) is 18.5 Å². The maximum absolute atomic E-state index is 6.27. The lowest BCUT2D eigenvalue weighted by atomic mass is 10.0. The van der Waals surface area contributed by atoms with E-state index in [0.29, 0.717) is 11.1 Å². The normalized spacial score (nSPS) is 28.6. The van der Waals surface area contributed by atoms with E-state index in [-0.39, 0.29) is 6.04 Å². The quantitative estimate of drug-likeness (QED) is 0.887. The van der Waals surface area contributed by atoms with E-state index in [0.717, 1.165) is 32.5 Å². The summed E-state index contributed by atoms with van der Waals surface area (Å²) in [5, 5.41) is 0.701. The maximum atomic E-state index is 6.27. The first kappa shape index (κ1) is 12.5. The van der Waals surface area contributed by atoms with E-state index in [1.54, 1.807) is 0 Å². The summed E-state index contributed by atoms with van der Waals surface area (Å²) < 4.78 is 2.29. The van der Waals surface area contributed by atoms with Crippen molar-refractivity contribution in [1.29, 1.82) is 0 Å². The Balaban J connectivity index is 1.89. The zero-order valence-electron chi connectivity index (χ0n) is 10.9. The number of aromatic nitrogens is 2. The highest BCUT2D eigenvalue weighted by Crippen LogP contribution is 2.32.